The number of hydrogen-bond acceptors (Lipinski definition) is 6. The number of aromatic nitrogens is 2. The van der Waals surface area contributed by atoms with Gasteiger partial charge in [0.25, 0.3) is 0 Å². The normalized spacial score (nSPS) is 17.0. The summed E-state index contributed by atoms with van der Waals surface area (Å²) in [5.74, 6) is 2.41. The van der Waals surface area contributed by atoms with Crippen LogP contribution in [-0.2, 0) is 0 Å². The molecule has 1 saturated heterocycles. The van der Waals surface area contributed by atoms with Gasteiger partial charge >= 0.3 is 0 Å². The molecule has 140 valence electrons. The highest BCUT2D eigenvalue weighted by Crippen LogP contribution is 2.31. The Morgan fingerprint density at radius 2 is 1.85 bits per heavy atom. The lowest BCUT2D eigenvalue weighted by Crippen LogP contribution is -2.42. The quantitative estimate of drug-likeness (QED) is 0.744. The summed E-state index contributed by atoms with van der Waals surface area (Å²) in [6.07, 6.45) is 4.10. The van der Waals surface area contributed by atoms with Crippen molar-refractivity contribution in [1.82, 2.24) is 9.97 Å². The van der Waals surface area contributed by atoms with E-state index in [2.05, 4.69) is 15.2 Å². The molecule has 0 aliphatic carbocycles. The van der Waals surface area contributed by atoms with Crippen LogP contribution in [0.2, 0.25) is 0 Å². The van der Waals surface area contributed by atoms with Crippen LogP contribution in [0.5, 0.6) is 11.5 Å². The maximum absolute atomic E-state index is 5.40. The molecule has 1 atom stereocenters. The predicted octanol–water partition coefficient (Wildman–Crippen LogP) is 3.73. The maximum Gasteiger partial charge on any atom is 0.162 e. The Morgan fingerprint density at radius 1 is 1.04 bits per heavy atom. The van der Waals surface area contributed by atoms with Crippen LogP contribution in [-0.4, -0.2) is 43.3 Å². The highest BCUT2D eigenvalue weighted by Gasteiger charge is 2.21. The summed E-state index contributed by atoms with van der Waals surface area (Å²) in [6, 6.07) is 14.3. The first-order valence-electron chi connectivity index (χ1n) is 9.22. The largest absolute Gasteiger partial charge is 0.493 e. The Balaban J connectivity index is 1.49. The number of piperidine rings is 1. The molecule has 2 aromatic carbocycles. The zero-order chi connectivity index (χ0) is 18.6. The summed E-state index contributed by atoms with van der Waals surface area (Å²) >= 11 is 0. The Morgan fingerprint density at radius 3 is 2.67 bits per heavy atom. The van der Waals surface area contributed by atoms with Gasteiger partial charge in [0, 0.05) is 30.9 Å². The third-order valence-electron chi connectivity index (χ3n) is 4.94. The molecular weight excluding hydrogens is 340 g/mol. The molecule has 1 unspecified atom stereocenters. The topological polar surface area (TPSA) is 59.5 Å². The first-order chi connectivity index (χ1) is 13.3. The van der Waals surface area contributed by atoms with Crippen LogP contribution < -0.4 is 19.7 Å². The van der Waals surface area contributed by atoms with E-state index in [4.69, 9.17) is 14.5 Å². The number of anilines is 2. The molecular formula is C21H24N4O2. The second kappa shape index (κ2) is 7.70. The van der Waals surface area contributed by atoms with E-state index in [1.54, 1.807) is 14.2 Å². The van der Waals surface area contributed by atoms with E-state index in [0.29, 0.717) is 6.04 Å². The van der Waals surface area contributed by atoms with Gasteiger partial charge in [-0.1, -0.05) is 12.1 Å². The van der Waals surface area contributed by atoms with E-state index in [0.717, 1.165) is 60.0 Å². The molecule has 1 aromatic heterocycles. The minimum absolute atomic E-state index is 0.338. The number of rotatable bonds is 5. The molecule has 1 aliphatic heterocycles. The third kappa shape index (κ3) is 3.74. The molecule has 4 rings (SSSR count). The van der Waals surface area contributed by atoms with E-state index in [1.807, 2.05) is 48.7 Å². The smallest absolute Gasteiger partial charge is 0.162 e. The lowest BCUT2D eigenvalue weighted by Gasteiger charge is -2.34. The molecule has 6 heteroatoms. The van der Waals surface area contributed by atoms with Crippen molar-refractivity contribution in [3.63, 3.8) is 0 Å². The number of hydrogen-bond donors (Lipinski definition) is 1. The van der Waals surface area contributed by atoms with Crippen molar-refractivity contribution < 1.29 is 9.47 Å². The molecule has 1 aliphatic rings. The molecule has 27 heavy (non-hydrogen) atoms. The first kappa shape index (κ1) is 17.4. The van der Waals surface area contributed by atoms with Crippen LogP contribution in [0.15, 0.2) is 48.7 Å². The molecule has 0 saturated carbocycles. The highest BCUT2D eigenvalue weighted by atomic mass is 16.5. The van der Waals surface area contributed by atoms with Crippen molar-refractivity contribution in [2.24, 2.45) is 0 Å². The summed E-state index contributed by atoms with van der Waals surface area (Å²) in [5, 5.41) is 3.62. The molecule has 1 fully saturated rings. The van der Waals surface area contributed by atoms with Crippen LogP contribution in [0.25, 0.3) is 11.0 Å². The predicted molar refractivity (Wildman–Crippen MR) is 108 cm³/mol. The minimum atomic E-state index is 0.338. The summed E-state index contributed by atoms with van der Waals surface area (Å²) in [7, 11) is 3.30. The van der Waals surface area contributed by atoms with Gasteiger partial charge in [0.05, 0.1) is 31.4 Å². The van der Waals surface area contributed by atoms with Crippen LogP contribution in [0.3, 0.4) is 0 Å². The van der Waals surface area contributed by atoms with Crippen LogP contribution in [0, 0.1) is 0 Å². The number of nitrogens with one attached hydrogen (secondary N) is 1. The van der Waals surface area contributed by atoms with Crippen molar-refractivity contribution in [2.45, 2.75) is 18.9 Å². The number of nitrogens with zero attached hydrogens (tertiary/aromatic N) is 3. The molecule has 0 radical (unpaired) electrons. The van der Waals surface area contributed by atoms with E-state index in [9.17, 15) is 0 Å². The van der Waals surface area contributed by atoms with Gasteiger partial charge in [0.1, 0.15) is 5.82 Å². The van der Waals surface area contributed by atoms with Crippen molar-refractivity contribution in [3.05, 3.63) is 48.7 Å². The lowest BCUT2D eigenvalue weighted by molar-refractivity contribution is 0.355. The van der Waals surface area contributed by atoms with Crippen molar-refractivity contribution in [1.29, 1.82) is 0 Å². The summed E-state index contributed by atoms with van der Waals surface area (Å²) < 4.78 is 10.7. The first-order valence-corrected chi connectivity index (χ1v) is 9.22. The Hall–Kier alpha value is -3.02. The Bertz CT molecular complexity index is 931. The number of benzene rings is 2. The number of methoxy groups -OCH3 is 2. The Labute approximate surface area is 159 Å². The molecule has 3 aromatic rings. The fourth-order valence-electron chi connectivity index (χ4n) is 3.56. The monoisotopic (exact) mass is 364 g/mol. The van der Waals surface area contributed by atoms with Gasteiger partial charge in [0.15, 0.2) is 11.5 Å². The molecule has 0 spiro atoms. The van der Waals surface area contributed by atoms with E-state index >= 15 is 0 Å². The molecule has 6 nitrogen and oxygen atoms in total. The minimum Gasteiger partial charge on any atom is -0.493 e. The number of fused-ring (bicyclic) bond motifs is 1. The van der Waals surface area contributed by atoms with Crippen LogP contribution >= 0.6 is 0 Å². The average molecular weight is 364 g/mol. The van der Waals surface area contributed by atoms with Gasteiger partial charge < -0.3 is 19.7 Å². The third-order valence-corrected chi connectivity index (χ3v) is 4.94. The maximum atomic E-state index is 5.40. The fraction of sp³-hybridized carbons (Fsp3) is 0.333. The van der Waals surface area contributed by atoms with Gasteiger partial charge in [-0.15, -0.1) is 0 Å². The molecule has 1 N–H and O–H groups in total. The molecule has 0 bridgehead atoms. The second-order valence-electron chi connectivity index (χ2n) is 6.72. The van der Waals surface area contributed by atoms with Crippen molar-refractivity contribution >= 4 is 22.5 Å². The SMILES string of the molecule is COc1ccc(NC2CCCN(c3cnc4ccccc4n3)C2)cc1OC. The van der Waals surface area contributed by atoms with Gasteiger partial charge in [-0.05, 0) is 37.1 Å². The van der Waals surface area contributed by atoms with Crippen LogP contribution in [0.4, 0.5) is 11.5 Å². The van der Waals surface area contributed by atoms with Gasteiger partial charge in [0.2, 0.25) is 0 Å². The molecule has 0 amide bonds. The van der Waals surface area contributed by atoms with Gasteiger partial charge in [-0.25, -0.2) is 4.98 Å². The van der Waals surface area contributed by atoms with E-state index in [-0.39, 0.29) is 0 Å². The zero-order valence-electron chi connectivity index (χ0n) is 15.7. The Kier molecular flexibility index (Phi) is 4.96. The lowest BCUT2D eigenvalue weighted by atomic mass is 10.1. The number of ether oxygens (including phenoxy) is 2. The summed E-state index contributed by atoms with van der Waals surface area (Å²) in [6.45, 7) is 1.89. The molecule has 2 heterocycles. The number of para-hydroxylation sites is 2. The van der Waals surface area contributed by atoms with Gasteiger partial charge in [-0.2, -0.15) is 0 Å². The van der Waals surface area contributed by atoms with E-state index in [1.165, 1.54) is 0 Å². The second-order valence-corrected chi connectivity index (χ2v) is 6.72. The van der Waals surface area contributed by atoms with Gasteiger partial charge in [-0.3, -0.25) is 4.98 Å². The average Bonchev–Trinajstić information content (AvgIpc) is 2.73. The standard InChI is InChI=1S/C21H24N4O2/c1-26-19-10-9-15(12-20(19)27-2)23-16-6-5-11-25(14-16)21-13-22-17-7-3-4-8-18(17)24-21/h3-4,7-10,12-13,16,23H,5-6,11,14H2,1-2H3. The van der Waals surface area contributed by atoms with Crippen molar-refractivity contribution in [3.8, 4) is 11.5 Å². The van der Waals surface area contributed by atoms with Crippen molar-refractivity contribution in [2.75, 3.05) is 37.5 Å². The zero-order valence-corrected chi connectivity index (χ0v) is 15.7. The highest BCUT2D eigenvalue weighted by molar-refractivity contribution is 5.75. The van der Waals surface area contributed by atoms with E-state index < -0.39 is 0 Å². The summed E-state index contributed by atoms with van der Waals surface area (Å²) in [5.41, 5.74) is 2.90. The van der Waals surface area contributed by atoms with Crippen LogP contribution in [0.1, 0.15) is 12.8 Å². The fourth-order valence-corrected chi connectivity index (χ4v) is 3.56. The summed E-state index contributed by atoms with van der Waals surface area (Å²) in [4.78, 5) is 11.6.